The lowest BCUT2D eigenvalue weighted by atomic mass is 10.2. The van der Waals surface area contributed by atoms with Gasteiger partial charge in [0.2, 0.25) is 0 Å². The molecule has 5 heteroatoms. The molecule has 2 aromatic rings. The molecule has 0 aliphatic heterocycles. The van der Waals surface area contributed by atoms with E-state index in [2.05, 4.69) is 22.0 Å². The summed E-state index contributed by atoms with van der Waals surface area (Å²) in [6.45, 7) is 1.92. The molecule has 0 spiro atoms. The summed E-state index contributed by atoms with van der Waals surface area (Å²) in [6.07, 6.45) is 0. The van der Waals surface area contributed by atoms with Crippen LogP contribution in [0.1, 0.15) is 11.3 Å². The Morgan fingerprint density at radius 1 is 1.00 bits per heavy atom. The molecule has 0 radical (unpaired) electrons. The second-order valence-corrected chi connectivity index (χ2v) is 5.28. The van der Waals surface area contributed by atoms with Gasteiger partial charge in [-0.25, -0.2) is 4.98 Å². The molecule has 0 amide bonds. The Morgan fingerprint density at radius 3 is 2.45 bits per heavy atom. The van der Waals surface area contributed by atoms with Crippen LogP contribution < -0.4 is 0 Å². The third-order valence-corrected chi connectivity index (χ3v) is 3.48. The SMILES string of the molecule is OCCN(Cc1ccccc1)Cc1nc(Cl)ccc1Cl. The molecule has 1 aromatic heterocycles. The number of rotatable bonds is 6. The minimum absolute atomic E-state index is 0.0883. The van der Waals surface area contributed by atoms with E-state index in [-0.39, 0.29) is 6.61 Å². The van der Waals surface area contributed by atoms with Crippen molar-refractivity contribution in [1.29, 1.82) is 0 Å². The van der Waals surface area contributed by atoms with Crippen molar-refractivity contribution in [1.82, 2.24) is 9.88 Å². The van der Waals surface area contributed by atoms with Crippen molar-refractivity contribution >= 4 is 23.2 Å². The third kappa shape index (κ3) is 4.46. The maximum Gasteiger partial charge on any atom is 0.129 e. The van der Waals surface area contributed by atoms with Crippen LogP contribution in [0.15, 0.2) is 42.5 Å². The van der Waals surface area contributed by atoms with Crippen molar-refractivity contribution in [3.05, 3.63) is 63.9 Å². The van der Waals surface area contributed by atoms with Gasteiger partial charge >= 0.3 is 0 Å². The monoisotopic (exact) mass is 310 g/mol. The summed E-state index contributed by atoms with van der Waals surface area (Å²) in [7, 11) is 0. The van der Waals surface area contributed by atoms with Crippen molar-refractivity contribution in [3.63, 3.8) is 0 Å². The van der Waals surface area contributed by atoms with E-state index in [0.29, 0.717) is 23.3 Å². The van der Waals surface area contributed by atoms with Gasteiger partial charge in [-0.3, -0.25) is 4.90 Å². The number of pyridine rings is 1. The maximum atomic E-state index is 9.20. The van der Waals surface area contributed by atoms with Crippen molar-refractivity contribution in [2.24, 2.45) is 0 Å². The van der Waals surface area contributed by atoms with Crippen molar-refractivity contribution < 1.29 is 5.11 Å². The number of aliphatic hydroxyl groups is 1. The lowest BCUT2D eigenvalue weighted by Gasteiger charge is -2.21. The summed E-state index contributed by atoms with van der Waals surface area (Å²) in [5.41, 5.74) is 1.91. The minimum Gasteiger partial charge on any atom is -0.395 e. The van der Waals surface area contributed by atoms with Gasteiger partial charge in [-0.05, 0) is 17.7 Å². The molecule has 1 aromatic carbocycles. The zero-order chi connectivity index (χ0) is 14.4. The average molecular weight is 311 g/mol. The van der Waals surface area contributed by atoms with Crippen LogP contribution in [0.4, 0.5) is 0 Å². The molecule has 0 fully saturated rings. The number of hydrogen-bond acceptors (Lipinski definition) is 3. The number of hydrogen-bond donors (Lipinski definition) is 1. The molecule has 0 aliphatic carbocycles. The predicted molar refractivity (Wildman–Crippen MR) is 81.9 cm³/mol. The van der Waals surface area contributed by atoms with E-state index in [1.807, 2.05) is 18.2 Å². The first-order chi connectivity index (χ1) is 9.69. The van der Waals surface area contributed by atoms with Crippen LogP contribution in [0, 0.1) is 0 Å². The quantitative estimate of drug-likeness (QED) is 0.831. The molecule has 0 atom stereocenters. The van der Waals surface area contributed by atoms with Crippen LogP contribution in [-0.4, -0.2) is 28.1 Å². The molecule has 20 heavy (non-hydrogen) atoms. The number of halogens is 2. The standard InChI is InChI=1S/C15H16Cl2N2O/c16-13-6-7-15(17)18-14(13)11-19(8-9-20)10-12-4-2-1-3-5-12/h1-7,20H,8-11H2. The van der Waals surface area contributed by atoms with Gasteiger partial charge in [0.25, 0.3) is 0 Å². The summed E-state index contributed by atoms with van der Waals surface area (Å²) in [6, 6.07) is 13.5. The van der Waals surface area contributed by atoms with Crippen LogP contribution in [0.25, 0.3) is 0 Å². The molecular formula is C15H16Cl2N2O. The Morgan fingerprint density at radius 2 is 1.75 bits per heavy atom. The molecule has 106 valence electrons. The Balaban J connectivity index is 2.11. The molecule has 0 unspecified atom stereocenters. The fraction of sp³-hybridized carbons (Fsp3) is 0.267. The van der Waals surface area contributed by atoms with Crippen LogP contribution >= 0.6 is 23.2 Å². The summed E-state index contributed by atoms with van der Waals surface area (Å²) in [5, 5.41) is 10.2. The highest BCUT2D eigenvalue weighted by molar-refractivity contribution is 6.32. The van der Waals surface area contributed by atoms with Gasteiger partial charge in [-0.15, -0.1) is 0 Å². The number of aromatic nitrogens is 1. The van der Waals surface area contributed by atoms with Crippen LogP contribution in [0.5, 0.6) is 0 Å². The van der Waals surface area contributed by atoms with E-state index < -0.39 is 0 Å². The molecule has 3 nitrogen and oxygen atoms in total. The third-order valence-electron chi connectivity index (χ3n) is 2.92. The second kappa shape index (κ2) is 7.60. The van der Waals surface area contributed by atoms with E-state index in [1.165, 1.54) is 5.56 Å². The lowest BCUT2D eigenvalue weighted by molar-refractivity contribution is 0.183. The van der Waals surface area contributed by atoms with E-state index in [1.54, 1.807) is 12.1 Å². The number of nitrogens with zero attached hydrogens (tertiary/aromatic N) is 2. The average Bonchev–Trinajstić information content (AvgIpc) is 2.44. The van der Waals surface area contributed by atoms with E-state index >= 15 is 0 Å². The summed E-state index contributed by atoms with van der Waals surface area (Å²) < 4.78 is 0. The Labute approximate surface area is 128 Å². The van der Waals surface area contributed by atoms with Crippen molar-refractivity contribution in [2.75, 3.05) is 13.2 Å². The summed E-state index contributed by atoms with van der Waals surface area (Å²) in [5.74, 6) is 0. The molecular weight excluding hydrogens is 295 g/mol. The Hall–Kier alpha value is -1.13. The van der Waals surface area contributed by atoms with Gasteiger partial charge in [0, 0.05) is 19.6 Å². The largest absolute Gasteiger partial charge is 0.395 e. The van der Waals surface area contributed by atoms with E-state index in [0.717, 1.165) is 12.2 Å². The Bertz CT molecular complexity index is 549. The number of aliphatic hydroxyl groups excluding tert-OH is 1. The Kier molecular flexibility index (Phi) is 5.80. The molecule has 1 heterocycles. The highest BCUT2D eigenvalue weighted by Crippen LogP contribution is 2.19. The number of benzene rings is 1. The van der Waals surface area contributed by atoms with Crippen molar-refractivity contribution in [3.8, 4) is 0 Å². The second-order valence-electron chi connectivity index (χ2n) is 4.48. The lowest BCUT2D eigenvalue weighted by Crippen LogP contribution is -2.26. The van der Waals surface area contributed by atoms with Gasteiger partial charge in [-0.2, -0.15) is 0 Å². The minimum atomic E-state index is 0.0883. The van der Waals surface area contributed by atoms with Crippen LogP contribution in [0.2, 0.25) is 10.2 Å². The first-order valence-electron chi connectivity index (χ1n) is 6.37. The smallest absolute Gasteiger partial charge is 0.129 e. The summed E-state index contributed by atoms with van der Waals surface area (Å²) >= 11 is 12.0. The van der Waals surface area contributed by atoms with Gasteiger partial charge in [0.1, 0.15) is 5.15 Å². The van der Waals surface area contributed by atoms with Gasteiger partial charge in [0.15, 0.2) is 0 Å². The fourth-order valence-electron chi connectivity index (χ4n) is 1.98. The molecule has 2 rings (SSSR count). The zero-order valence-corrected chi connectivity index (χ0v) is 12.5. The first kappa shape index (κ1) is 15.3. The highest BCUT2D eigenvalue weighted by Gasteiger charge is 2.11. The first-order valence-corrected chi connectivity index (χ1v) is 7.12. The fourth-order valence-corrected chi connectivity index (χ4v) is 2.31. The maximum absolute atomic E-state index is 9.20. The van der Waals surface area contributed by atoms with Gasteiger partial charge < -0.3 is 5.11 Å². The van der Waals surface area contributed by atoms with Gasteiger partial charge in [-0.1, -0.05) is 53.5 Å². The van der Waals surface area contributed by atoms with E-state index in [9.17, 15) is 5.11 Å². The normalized spacial score (nSPS) is 11.0. The topological polar surface area (TPSA) is 36.4 Å². The van der Waals surface area contributed by atoms with Gasteiger partial charge in [0.05, 0.1) is 17.3 Å². The zero-order valence-electron chi connectivity index (χ0n) is 11.0. The van der Waals surface area contributed by atoms with Crippen LogP contribution in [-0.2, 0) is 13.1 Å². The molecule has 0 saturated heterocycles. The molecule has 0 bridgehead atoms. The molecule has 1 N–H and O–H groups in total. The molecule has 0 aliphatic rings. The summed E-state index contributed by atoms with van der Waals surface area (Å²) in [4.78, 5) is 6.33. The predicted octanol–water partition coefficient (Wildman–Crippen LogP) is 3.38. The molecule has 0 saturated carbocycles. The van der Waals surface area contributed by atoms with E-state index in [4.69, 9.17) is 23.2 Å². The highest BCUT2D eigenvalue weighted by atomic mass is 35.5. The van der Waals surface area contributed by atoms with Crippen molar-refractivity contribution in [2.45, 2.75) is 13.1 Å². The van der Waals surface area contributed by atoms with Crippen LogP contribution in [0.3, 0.4) is 0 Å².